The molecular weight excluding hydrogens is 355 g/mol. The van der Waals surface area contributed by atoms with Gasteiger partial charge in [0.2, 0.25) is 0 Å². The van der Waals surface area contributed by atoms with Crippen LogP contribution in [0.3, 0.4) is 0 Å². The number of nitrogens with zero attached hydrogens (tertiary/aromatic N) is 1. The van der Waals surface area contributed by atoms with Crippen LogP contribution < -0.4 is 0 Å². The van der Waals surface area contributed by atoms with E-state index in [4.69, 9.17) is 14.0 Å². The summed E-state index contributed by atoms with van der Waals surface area (Å²) in [6, 6.07) is 4.29. The molecule has 0 spiro atoms. The van der Waals surface area contributed by atoms with Crippen molar-refractivity contribution >= 4 is 5.97 Å². The molecule has 9 heteroatoms. The maximum atomic E-state index is 12.8. The zero-order chi connectivity index (χ0) is 18.7. The van der Waals surface area contributed by atoms with E-state index in [-0.39, 0.29) is 11.3 Å². The van der Waals surface area contributed by atoms with Crippen molar-refractivity contribution in [2.75, 3.05) is 6.61 Å². The zero-order valence-electron chi connectivity index (χ0n) is 13.5. The van der Waals surface area contributed by atoms with Crippen LogP contribution in [0.1, 0.15) is 52.5 Å². The number of hydrogen-bond acceptors (Lipinski definition) is 5. The van der Waals surface area contributed by atoms with Crippen molar-refractivity contribution in [2.24, 2.45) is 0 Å². The highest BCUT2D eigenvalue weighted by Crippen LogP contribution is 2.34. The second-order valence-corrected chi connectivity index (χ2v) is 5.85. The van der Waals surface area contributed by atoms with Crippen LogP contribution >= 0.6 is 0 Å². The molecule has 2 aromatic rings. The molecule has 2 atom stereocenters. The molecule has 1 saturated heterocycles. The van der Waals surface area contributed by atoms with E-state index in [0.29, 0.717) is 18.6 Å². The summed E-state index contributed by atoms with van der Waals surface area (Å²) in [7, 11) is 0. The number of carboxylic acid groups (broad SMARTS) is 1. The molecule has 1 fully saturated rings. The van der Waals surface area contributed by atoms with Crippen molar-refractivity contribution in [3.63, 3.8) is 0 Å². The van der Waals surface area contributed by atoms with Crippen molar-refractivity contribution in [3.8, 4) is 0 Å². The molecule has 0 amide bonds. The van der Waals surface area contributed by atoms with Gasteiger partial charge in [-0.2, -0.15) is 13.2 Å². The van der Waals surface area contributed by atoms with Gasteiger partial charge in [0.05, 0.1) is 5.56 Å². The molecule has 1 aliphatic rings. The SMILES string of the molecule is O=C(O)c1conc1[C@@H](O[C@@H]1CCCCO1)c1ccc(C(F)(F)F)cc1. The van der Waals surface area contributed by atoms with Gasteiger partial charge in [0.1, 0.15) is 23.6 Å². The molecule has 1 aromatic heterocycles. The second-order valence-electron chi connectivity index (χ2n) is 5.85. The molecular formula is C17H16F3NO5. The predicted octanol–water partition coefficient (Wildman–Crippen LogP) is 4.02. The fourth-order valence-electron chi connectivity index (χ4n) is 2.71. The van der Waals surface area contributed by atoms with Gasteiger partial charge in [0, 0.05) is 6.61 Å². The molecule has 0 unspecified atom stereocenters. The van der Waals surface area contributed by atoms with Gasteiger partial charge in [0.25, 0.3) is 0 Å². The maximum Gasteiger partial charge on any atom is 0.416 e. The lowest BCUT2D eigenvalue weighted by molar-refractivity contribution is -0.182. The van der Waals surface area contributed by atoms with Gasteiger partial charge in [-0.1, -0.05) is 17.3 Å². The molecule has 2 heterocycles. The molecule has 140 valence electrons. The number of ether oxygens (including phenoxy) is 2. The third-order valence-corrected chi connectivity index (χ3v) is 4.04. The van der Waals surface area contributed by atoms with Gasteiger partial charge in [-0.25, -0.2) is 4.79 Å². The first kappa shape index (κ1) is 18.4. The van der Waals surface area contributed by atoms with Gasteiger partial charge in [-0.05, 0) is 37.0 Å². The van der Waals surface area contributed by atoms with Crippen LogP contribution in [0.5, 0.6) is 0 Å². The summed E-state index contributed by atoms with van der Waals surface area (Å²) >= 11 is 0. The molecule has 0 bridgehead atoms. The Morgan fingerprint density at radius 3 is 2.58 bits per heavy atom. The smallest absolute Gasteiger partial charge is 0.416 e. The van der Waals surface area contributed by atoms with Gasteiger partial charge >= 0.3 is 12.1 Å². The standard InChI is InChI=1S/C17H16F3NO5/c18-17(19,20)11-6-4-10(5-7-11)15(26-13-3-1-2-8-24-13)14-12(16(22)23)9-25-21-14/h4-7,9,13,15H,1-3,8H2,(H,22,23)/t13-,15+/m1/s1. The number of rotatable bonds is 5. The van der Waals surface area contributed by atoms with Crippen molar-refractivity contribution < 1.29 is 37.1 Å². The first-order valence-corrected chi connectivity index (χ1v) is 7.98. The Morgan fingerprint density at radius 2 is 2.00 bits per heavy atom. The van der Waals surface area contributed by atoms with Crippen molar-refractivity contribution in [1.29, 1.82) is 0 Å². The van der Waals surface area contributed by atoms with E-state index in [2.05, 4.69) is 5.16 Å². The monoisotopic (exact) mass is 371 g/mol. The van der Waals surface area contributed by atoms with Gasteiger partial charge in [-0.3, -0.25) is 0 Å². The van der Waals surface area contributed by atoms with Crippen molar-refractivity contribution in [1.82, 2.24) is 5.16 Å². The topological polar surface area (TPSA) is 81.8 Å². The molecule has 0 saturated carbocycles. The molecule has 1 aliphatic heterocycles. The molecule has 1 aromatic carbocycles. The molecule has 1 N–H and O–H groups in total. The summed E-state index contributed by atoms with van der Waals surface area (Å²) in [5, 5.41) is 13.0. The van der Waals surface area contributed by atoms with E-state index in [1.54, 1.807) is 0 Å². The summed E-state index contributed by atoms with van der Waals surface area (Å²) < 4.78 is 54.4. The van der Waals surface area contributed by atoms with Crippen LogP contribution in [0.4, 0.5) is 13.2 Å². The van der Waals surface area contributed by atoms with E-state index in [1.807, 2.05) is 0 Å². The van der Waals surface area contributed by atoms with Crippen LogP contribution in [0, 0.1) is 0 Å². The number of carboxylic acids is 1. The van der Waals surface area contributed by atoms with Gasteiger partial charge in [0.15, 0.2) is 6.29 Å². The minimum absolute atomic E-state index is 0.0218. The lowest BCUT2D eigenvalue weighted by Crippen LogP contribution is -2.25. The Labute approximate surface area is 146 Å². The average Bonchev–Trinajstić information content (AvgIpc) is 3.10. The van der Waals surface area contributed by atoms with Crippen LogP contribution in [-0.2, 0) is 15.7 Å². The van der Waals surface area contributed by atoms with Crippen LogP contribution in [0.25, 0.3) is 0 Å². The predicted molar refractivity (Wildman–Crippen MR) is 81.4 cm³/mol. The van der Waals surface area contributed by atoms with Crippen molar-refractivity contribution in [3.05, 3.63) is 52.9 Å². The number of benzene rings is 1. The zero-order valence-corrected chi connectivity index (χ0v) is 13.5. The van der Waals surface area contributed by atoms with Gasteiger partial charge in [-0.15, -0.1) is 0 Å². The Morgan fingerprint density at radius 1 is 1.27 bits per heavy atom. The summed E-state index contributed by atoms with van der Waals surface area (Å²) in [6.07, 6.45) is -2.79. The lowest BCUT2D eigenvalue weighted by atomic mass is 10.0. The number of aromatic carboxylic acids is 1. The van der Waals surface area contributed by atoms with Gasteiger partial charge < -0.3 is 19.1 Å². The highest BCUT2D eigenvalue weighted by atomic mass is 19.4. The largest absolute Gasteiger partial charge is 0.478 e. The number of aromatic nitrogens is 1. The molecule has 3 rings (SSSR count). The van der Waals surface area contributed by atoms with E-state index in [1.165, 1.54) is 12.1 Å². The van der Waals surface area contributed by atoms with Crippen molar-refractivity contribution in [2.45, 2.75) is 37.8 Å². The van der Waals surface area contributed by atoms with E-state index in [9.17, 15) is 23.1 Å². The summed E-state index contributed by atoms with van der Waals surface area (Å²) in [4.78, 5) is 11.4. The van der Waals surface area contributed by atoms with Crippen LogP contribution in [-0.4, -0.2) is 29.1 Å². The minimum atomic E-state index is -4.47. The van der Waals surface area contributed by atoms with E-state index < -0.39 is 30.1 Å². The molecule has 0 radical (unpaired) electrons. The number of carbonyl (C=O) groups is 1. The summed E-state index contributed by atoms with van der Waals surface area (Å²) in [5.74, 6) is -1.27. The highest BCUT2D eigenvalue weighted by molar-refractivity contribution is 5.88. The fourth-order valence-corrected chi connectivity index (χ4v) is 2.71. The number of alkyl halides is 3. The van der Waals surface area contributed by atoms with E-state index in [0.717, 1.165) is 31.2 Å². The quantitative estimate of drug-likeness (QED) is 0.855. The molecule has 0 aliphatic carbocycles. The Bertz CT molecular complexity index is 751. The third kappa shape index (κ3) is 4.05. The molecule has 26 heavy (non-hydrogen) atoms. The van der Waals surface area contributed by atoms with E-state index >= 15 is 0 Å². The normalized spacial score (nSPS) is 19.3. The lowest BCUT2D eigenvalue weighted by Gasteiger charge is -2.27. The average molecular weight is 371 g/mol. The Hall–Kier alpha value is -2.39. The number of halogens is 3. The first-order chi connectivity index (χ1) is 12.4. The first-order valence-electron chi connectivity index (χ1n) is 7.98. The third-order valence-electron chi connectivity index (χ3n) is 4.04. The van der Waals surface area contributed by atoms with Crippen LogP contribution in [0.2, 0.25) is 0 Å². The Balaban J connectivity index is 1.94. The summed E-state index contributed by atoms with van der Waals surface area (Å²) in [6.45, 7) is 0.495. The minimum Gasteiger partial charge on any atom is -0.478 e. The fraction of sp³-hybridized carbons (Fsp3) is 0.412. The highest BCUT2D eigenvalue weighted by Gasteiger charge is 2.32. The van der Waals surface area contributed by atoms with Crippen LogP contribution in [0.15, 0.2) is 35.1 Å². The molecule has 6 nitrogen and oxygen atoms in total. The summed E-state index contributed by atoms with van der Waals surface area (Å²) in [5.41, 5.74) is -0.728. The maximum absolute atomic E-state index is 12.8. The Kier molecular flexibility index (Phi) is 5.28. The second kappa shape index (κ2) is 7.46. The number of hydrogen-bond donors (Lipinski definition) is 1.